The van der Waals surface area contributed by atoms with Crippen LogP contribution < -0.4 is 10.5 Å². The summed E-state index contributed by atoms with van der Waals surface area (Å²) in [4.78, 5) is 11.3. The summed E-state index contributed by atoms with van der Waals surface area (Å²) in [6.07, 6.45) is 0. The van der Waals surface area contributed by atoms with Crippen molar-refractivity contribution in [3.8, 4) is 11.5 Å². The molecular formula is C16H17NO4. The van der Waals surface area contributed by atoms with E-state index in [4.69, 9.17) is 10.5 Å². The lowest BCUT2D eigenvalue weighted by atomic mass is 9.85. The predicted molar refractivity (Wildman–Crippen MR) is 78.6 cm³/mol. The molecule has 2 aromatic carbocycles. The molecule has 0 aliphatic rings. The number of phenols is 1. The molecule has 0 aliphatic carbocycles. The normalized spacial score (nSPS) is 13.4. The Balaban J connectivity index is 2.57. The van der Waals surface area contributed by atoms with Crippen LogP contribution in [-0.4, -0.2) is 29.3 Å². The maximum atomic E-state index is 11.3. The number of carboxylic acids is 1. The van der Waals surface area contributed by atoms with Crippen LogP contribution in [0.2, 0.25) is 0 Å². The molecule has 4 N–H and O–H groups in total. The second-order valence-electron chi connectivity index (χ2n) is 4.68. The van der Waals surface area contributed by atoms with Gasteiger partial charge < -0.3 is 20.7 Å². The van der Waals surface area contributed by atoms with Gasteiger partial charge in [-0.2, -0.15) is 0 Å². The van der Waals surface area contributed by atoms with Gasteiger partial charge in [-0.15, -0.1) is 0 Å². The minimum absolute atomic E-state index is 0.0126. The maximum Gasteiger partial charge on any atom is 0.321 e. The van der Waals surface area contributed by atoms with Gasteiger partial charge in [0.05, 0.1) is 7.11 Å². The van der Waals surface area contributed by atoms with Crippen molar-refractivity contribution in [1.29, 1.82) is 0 Å². The fourth-order valence-electron chi connectivity index (χ4n) is 2.29. The van der Waals surface area contributed by atoms with E-state index in [9.17, 15) is 15.0 Å². The predicted octanol–water partition coefficient (Wildman–Crippen LogP) is 1.94. The van der Waals surface area contributed by atoms with E-state index in [0.717, 1.165) is 5.56 Å². The fourth-order valence-corrected chi connectivity index (χ4v) is 2.29. The van der Waals surface area contributed by atoms with Gasteiger partial charge in [-0.1, -0.05) is 30.3 Å². The SMILES string of the molecule is COc1ccc(O)c([C@H](c2ccccc2)[C@H](N)C(=O)O)c1. The first-order valence-corrected chi connectivity index (χ1v) is 6.45. The summed E-state index contributed by atoms with van der Waals surface area (Å²) in [7, 11) is 1.50. The zero-order chi connectivity index (χ0) is 15.4. The highest BCUT2D eigenvalue weighted by Crippen LogP contribution is 2.35. The van der Waals surface area contributed by atoms with Crippen LogP contribution in [0.5, 0.6) is 11.5 Å². The highest BCUT2D eigenvalue weighted by molar-refractivity contribution is 5.76. The molecule has 5 heteroatoms. The highest BCUT2D eigenvalue weighted by atomic mass is 16.5. The van der Waals surface area contributed by atoms with Crippen molar-refractivity contribution < 1.29 is 19.7 Å². The molecule has 0 radical (unpaired) electrons. The number of aromatic hydroxyl groups is 1. The van der Waals surface area contributed by atoms with E-state index >= 15 is 0 Å². The summed E-state index contributed by atoms with van der Waals surface area (Å²) in [5.41, 5.74) is 6.98. The molecule has 2 atom stereocenters. The molecule has 0 saturated heterocycles. The third-order valence-corrected chi connectivity index (χ3v) is 3.37. The molecule has 5 nitrogen and oxygen atoms in total. The Morgan fingerprint density at radius 2 is 1.86 bits per heavy atom. The molecule has 0 fully saturated rings. The standard InChI is InChI=1S/C16H17NO4/c1-21-11-7-8-13(18)12(9-11)14(15(17)16(19)20)10-5-3-2-4-6-10/h2-9,14-15,18H,17H2,1H3,(H,19,20)/t14-,15-/m0/s1. The number of benzene rings is 2. The summed E-state index contributed by atoms with van der Waals surface area (Å²) in [6.45, 7) is 0. The first-order chi connectivity index (χ1) is 10.0. The Labute approximate surface area is 122 Å². The van der Waals surface area contributed by atoms with Crippen molar-refractivity contribution >= 4 is 5.97 Å². The number of hydrogen-bond acceptors (Lipinski definition) is 4. The number of phenolic OH excluding ortho intramolecular Hbond substituents is 1. The van der Waals surface area contributed by atoms with E-state index in [1.165, 1.54) is 13.2 Å². The zero-order valence-corrected chi connectivity index (χ0v) is 11.6. The van der Waals surface area contributed by atoms with E-state index in [-0.39, 0.29) is 5.75 Å². The largest absolute Gasteiger partial charge is 0.508 e. The summed E-state index contributed by atoms with van der Waals surface area (Å²) in [5, 5.41) is 19.3. The van der Waals surface area contributed by atoms with E-state index < -0.39 is 17.9 Å². The summed E-state index contributed by atoms with van der Waals surface area (Å²) < 4.78 is 5.14. The third-order valence-electron chi connectivity index (χ3n) is 3.37. The van der Waals surface area contributed by atoms with Gasteiger partial charge in [0.15, 0.2) is 0 Å². The lowest BCUT2D eigenvalue weighted by Crippen LogP contribution is -2.37. The lowest BCUT2D eigenvalue weighted by molar-refractivity contribution is -0.138. The number of aliphatic carboxylic acids is 1. The van der Waals surface area contributed by atoms with Crippen molar-refractivity contribution in [2.24, 2.45) is 5.73 Å². The topological polar surface area (TPSA) is 92.8 Å². The van der Waals surface area contributed by atoms with Crippen LogP contribution in [0.4, 0.5) is 0 Å². The molecule has 2 aromatic rings. The van der Waals surface area contributed by atoms with Gasteiger partial charge >= 0.3 is 5.97 Å². The minimum Gasteiger partial charge on any atom is -0.508 e. The molecule has 0 bridgehead atoms. The smallest absolute Gasteiger partial charge is 0.321 e. The van der Waals surface area contributed by atoms with Gasteiger partial charge in [0.25, 0.3) is 0 Å². The fraction of sp³-hybridized carbons (Fsp3) is 0.188. The second kappa shape index (κ2) is 6.28. The molecule has 0 unspecified atom stereocenters. The Morgan fingerprint density at radius 1 is 1.19 bits per heavy atom. The highest BCUT2D eigenvalue weighted by Gasteiger charge is 2.29. The van der Waals surface area contributed by atoms with Gasteiger partial charge in [0.2, 0.25) is 0 Å². The van der Waals surface area contributed by atoms with Gasteiger partial charge in [-0.3, -0.25) is 4.79 Å². The number of nitrogens with two attached hydrogens (primary N) is 1. The molecular weight excluding hydrogens is 270 g/mol. The monoisotopic (exact) mass is 287 g/mol. The zero-order valence-electron chi connectivity index (χ0n) is 11.6. The number of carbonyl (C=O) groups is 1. The van der Waals surface area contributed by atoms with E-state index in [1.807, 2.05) is 6.07 Å². The number of ether oxygens (including phenoxy) is 1. The molecule has 2 rings (SSSR count). The van der Waals surface area contributed by atoms with E-state index in [0.29, 0.717) is 11.3 Å². The quantitative estimate of drug-likeness (QED) is 0.781. The average Bonchev–Trinajstić information content (AvgIpc) is 2.50. The molecule has 110 valence electrons. The molecule has 0 heterocycles. The van der Waals surface area contributed by atoms with Crippen LogP contribution in [0.1, 0.15) is 17.0 Å². The molecule has 0 spiro atoms. The van der Waals surface area contributed by atoms with Crippen LogP contribution in [0.25, 0.3) is 0 Å². The van der Waals surface area contributed by atoms with Crippen molar-refractivity contribution in [2.75, 3.05) is 7.11 Å². The molecule has 21 heavy (non-hydrogen) atoms. The van der Waals surface area contributed by atoms with E-state index in [1.54, 1.807) is 36.4 Å². The maximum absolute atomic E-state index is 11.3. The average molecular weight is 287 g/mol. The Morgan fingerprint density at radius 3 is 2.43 bits per heavy atom. The van der Waals surface area contributed by atoms with E-state index in [2.05, 4.69) is 0 Å². The number of rotatable bonds is 5. The van der Waals surface area contributed by atoms with Crippen molar-refractivity contribution in [2.45, 2.75) is 12.0 Å². The first-order valence-electron chi connectivity index (χ1n) is 6.45. The lowest BCUT2D eigenvalue weighted by Gasteiger charge is -2.23. The first kappa shape index (κ1) is 14.9. The molecule has 0 aliphatic heterocycles. The number of hydrogen-bond donors (Lipinski definition) is 3. The molecule has 0 aromatic heterocycles. The Kier molecular flexibility index (Phi) is 4.45. The number of carboxylic acid groups (broad SMARTS) is 1. The van der Waals surface area contributed by atoms with Gasteiger partial charge in [0.1, 0.15) is 17.5 Å². The van der Waals surface area contributed by atoms with Crippen molar-refractivity contribution in [1.82, 2.24) is 0 Å². The van der Waals surface area contributed by atoms with Gasteiger partial charge in [-0.05, 0) is 23.8 Å². The Hall–Kier alpha value is -2.53. The Bertz CT molecular complexity index is 627. The summed E-state index contributed by atoms with van der Waals surface area (Å²) >= 11 is 0. The molecule has 0 amide bonds. The minimum atomic E-state index is -1.18. The van der Waals surface area contributed by atoms with Crippen LogP contribution in [-0.2, 0) is 4.79 Å². The van der Waals surface area contributed by atoms with Crippen molar-refractivity contribution in [3.05, 3.63) is 59.7 Å². The third kappa shape index (κ3) is 3.14. The molecule has 0 saturated carbocycles. The van der Waals surface area contributed by atoms with Crippen LogP contribution in [0.3, 0.4) is 0 Å². The van der Waals surface area contributed by atoms with Crippen LogP contribution >= 0.6 is 0 Å². The number of methoxy groups -OCH3 is 1. The van der Waals surface area contributed by atoms with Gasteiger partial charge in [-0.25, -0.2) is 0 Å². The van der Waals surface area contributed by atoms with Crippen LogP contribution in [0.15, 0.2) is 48.5 Å². The summed E-state index contributed by atoms with van der Waals surface area (Å²) in [6, 6.07) is 12.5. The van der Waals surface area contributed by atoms with Gasteiger partial charge in [0, 0.05) is 11.5 Å². The summed E-state index contributed by atoms with van der Waals surface area (Å²) in [5.74, 6) is -1.28. The van der Waals surface area contributed by atoms with Crippen LogP contribution in [0, 0.1) is 0 Å². The van der Waals surface area contributed by atoms with Crippen molar-refractivity contribution in [3.63, 3.8) is 0 Å². The second-order valence-corrected chi connectivity index (χ2v) is 4.68.